The molecule has 1 aliphatic rings. The van der Waals surface area contributed by atoms with E-state index in [0.717, 1.165) is 12.1 Å². The van der Waals surface area contributed by atoms with E-state index in [9.17, 15) is 4.39 Å². The molecule has 1 N–H and O–H groups in total. The van der Waals surface area contributed by atoms with Gasteiger partial charge in [-0.3, -0.25) is 0 Å². The van der Waals surface area contributed by atoms with Gasteiger partial charge in [0.15, 0.2) is 5.16 Å². The molecule has 1 heterocycles. The fourth-order valence-electron chi connectivity index (χ4n) is 1.72. The zero-order valence-electron chi connectivity index (χ0n) is 10.3. The maximum Gasteiger partial charge on any atom is 0.192 e. The van der Waals surface area contributed by atoms with Crippen molar-refractivity contribution in [1.29, 1.82) is 0 Å². The van der Waals surface area contributed by atoms with Gasteiger partial charge in [-0.05, 0) is 48.4 Å². The lowest BCUT2D eigenvalue weighted by Crippen LogP contribution is -2.15. The third-order valence-electron chi connectivity index (χ3n) is 2.91. The van der Waals surface area contributed by atoms with E-state index in [-0.39, 0.29) is 5.82 Å². The molecular weight excluding hydrogens is 261 g/mol. The topological polar surface area (TPSA) is 37.8 Å². The van der Waals surface area contributed by atoms with Crippen LogP contribution in [0.15, 0.2) is 46.7 Å². The van der Waals surface area contributed by atoms with Gasteiger partial charge in [0.05, 0.1) is 4.90 Å². The van der Waals surface area contributed by atoms with E-state index in [0.29, 0.717) is 16.1 Å². The Hall–Kier alpha value is -1.46. The minimum atomic E-state index is -0.215. The summed E-state index contributed by atoms with van der Waals surface area (Å²) in [6.45, 7) is 0.731. The summed E-state index contributed by atoms with van der Waals surface area (Å²) in [7, 11) is 0. The molecule has 5 heteroatoms. The van der Waals surface area contributed by atoms with Gasteiger partial charge >= 0.3 is 0 Å². The van der Waals surface area contributed by atoms with Crippen molar-refractivity contribution in [3.63, 3.8) is 0 Å². The molecule has 98 valence electrons. The van der Waals surface area contributed by atoms with Crippen LogP contribution < -0.4 is 5.32 Å². The Balaban J connectivity index is 1.68. The highest BCUT2D eigenvalue weighted by atomic mass is 32.2. The minimum absolute atomic E-state index is 0.215. The molecule has 0 amide bonds. The van der Waals surface area contributed by atoms with E-state index in [4.69, 9.17) is 0 Å². The third kappa shape index (κ3) is 3.52. The van der Waals surface area contributed by atoms with Gasteiger partial charge in [-0.25, -0.2) is 14.4 Å². The number of nitrogens with zero attached hydrogens (tertiary/aromatic N) is 2. The molecule has 1 aromatic carbocycles. The average molecular weight is 275 g/mol. The number of rotatable bonds is 5. The Morgan fingerprint density at radius 2 is 2.05 bits per heavy atom. The van der Waals surface area contributed by atoms with Gasteiger partial charge in [0.1, 0.15) is 5.82 Å². The van der Waals surface area contributed by atoms with Crippen molar-refractivity contribution in [1.82, 2.24) is 15.3 Å². The zero-order chi connectivity index (χ0) is 13.1. The lowest BCUT2D eigenvalue weighted by Gasteiger charge is -2.06. The first-order chi connectivity index (χ1) is 9.31. The summed E-state index contributed by atoms with van der Waals surface area (Å²) < 4.78 is 14.0. The molecule has 0 unspecified atom stereocenters. The molecule has 0 aliphatic heterocycles. The minimum Gasteiger partial charge on any atom is -0.310 e. The van der Waals surface area contributed by atoms with Gasteiger partial charge in [-0.1, -0.05) is 6.07 Å². The molecule has 1 saturated carbocycles. The lowest BCUT2D eigenvalue weighted by molar-refractivity contribution is 0.595. The zero-order valence-corrected chi connectivity index (χ0v) is 11.2. The summed E-state index contributed by atoms with van der Waals surface area (Å²) in [5, 5.41) is 3.93. The quantitative estimate of drug-likeness (QED) is 0.851. The highest BCUT2D eigenvalue weighted by molar-refractivity contribution is 7.99. The summed E-state index contributed by atoms with van der Waals surface area (Å²) in [5.74, 6) is -0.215. The monoisotopic (exact) mass is 275 g/mol. The first-order valence-corrected chi connectivity index (χ1v) is 7.09. The Morgan fingerprint density at radius 1 is 1.26 bits per heavy atom. The van der Waals surface area contributed by atoms with Crippen molar-refractivity contribution in [2.45, 2.75) is 35.5 Å². The first kappa shape index (κ1) is 12.6. The van der Waals surface area contributed by atoms with Crippen molar-refractivity contribution in [2.24, 2.45) is 0 Å². The van der Waals surface area contributed by atoms with E-state index in [1.54, 1.807) is 30.6 Å². The number of halogens is 1. The van der Waals surface area contributed by atoms with Gasteiger partial charge in [-0.15, -0.1) is 0 Å². The molecule has 3 rings (SSSR count). The second-order valence-electron chi connectivity index (χ2n) is 4.55. The van der Waals surface area contributed by atoms with Crippen molar-refractivity contribution < 1.29 is 4.39 Å². The summed E-state index contributed by atoms with van der Waals surface area (Å²) in [5.41, 5.74) is 0.975. The Morgan fingerprint density at radius 3 is 2.74 bits per heavy atom. The number of nitrogens with one attached hydrogen (secondary N) is 1. The lowest BCUT2D eigenvalue weighted by atomic mass is 10.2. The number of hydrogen-bond donors (Lipinski definition) is 1. The van der Waals surface area contributed by atoms with Crippen LogP contribution in [0, 0.1) is 5.82 Å². The molecule has 1 aromatic heterocycles. The molecular formula is C14H14FN3S. The predicted molar refractivity (Wildman–Crippen MR) is 72.4 cm³/mol. The Labute approximate surface area is 115 Å². The van der Waals surface area contributed by atoms with Crippen LogP contribution in [0.2, 0.25) is 0 Å². The van der Waals surface area contributed by atoms with E-state index in [1.807, 2.05) is 6.07 Å². The van der Waals surface area contributed by atoms with Crippen LogP contribution in [0.25, 0.3) is 0 Å². The summed E-state index contributed by atoms with van der Waals surface area (Å²) >= 11 is 1.24. The molecule has 0 saturated heterocycles. The molecule has 2 aromatic rings. The van der Waals surface area contributed by atoms with Gasteiger partial charge in [0.2, 0.25) is 0 Å². The third-order valence-corrected chi connectivity index (χ3v) is 3.86. The molecule has 1 fully saturated rings. The van der Waals surface area contributed by atoms with Gasteiger partial charge in [0.25, 0.3) is 0 Å². The molecule has 0 spiro atoms. The van der Waals surface area contributed by atoms with Crippen molar-refractivity contribution in [3.05, 3.63) is 48.0 Å². The van der Waals surface area contributed by atoms with Gasteiger partial charge < -0.3 is 5.32 Å². The van der Waals surface area contributed by atoms with Crippen LogP contribution >= 0.6 is 11.8 Å². The van der Waals surface area contributed by atoms with Crippen LogP contribution in [0.4, 0.5) is 4.39 Å². The van der Waals surface area contributed by atoms with Crippen LogP contribution in [-0.2, 0) is 6.54 Å². The second-order valence-corrected chi connectivity index (χ2v) is 5.56. The average Bonchev–Trinajstić information content (AvgIpc) is 3.25. The molecule has 0 radical (unpaired) electrons. The molecule has 0 atom stereocenters. The normalized spacial score (nSPS) is 14.6. The highest BCUT2D eigenvalue weighted by Crippen LogP contribution is 2.27. The molecule has 0 bridgehead atoms. The Kier molecular flexibility index (Phi) is 3.75. The predicted octanol–water partition coefficient (Wildman–Crippen LogP) is 3.02. The molecule has 1 aliphatic carbocycles. The van der Waals surface area contributed by atoms with Crippen molar-refractivity contribution >= 4 is 11.8 Å². The first-order valence-electron chi connectivity index (χ1n) is 6.28. The number of benzene rings is 1. The highest BCUT2D eigenvalue weighted by Gasteiger charge is 2.20. The van der Waals surface area contributed by atoms with E-state index in [1.165, 1.54) is 24.6 Å². The van der Waals surface area contributed by atoms with Gasteiger partial charge in [-0.2, -0.15) is 0 Å². The fraction of sp³-hybridized carbons (Fsp3) is 0.286. The Bertz CT molecular complexity index is 558. The van der Waals surface area contributed by atoms with E-state index >= 15 is 0 Å². The molecule has 3 nitrogen and oxygen atoms in total. The largest absolute Gasteiger partial charge is 0.310 e. The maximum atomic E-state index is 14.0. The van der Waals surface area contributed by atoms with Crippen molar-refractivity contribution in [3.8, 4) is 0 Å². The van der Waals surface area contributed by atoms with E-state index < -0.39 is 0 Å². The van der Waals surface area contributed by atoms with Crippen LogP contribution in [0.3, 0.4) is 0 Å². The van der Waals surface area contributed by atoms with Crippen LogP contribution in [-0.4, -0.2) is 16.0 Å². The van der Waals surface area contributed by atoms with Crippen LogP contribution in [0.5, 0.6) is 0 Å². The number of aromatic nitrogens is 2. The summed E-state index contributed by atoms with van der Waals surface area (Å²) in [6, 6.07) is 7.70. The van der Waals surface area contributed by atoms with Crippen LogP contribution in [0.1, 0.15) is 18.4 Å². The van der Waals surface area contributed by atoms with Gasteiger partial charge in [0, 0.05) is 25.0 Å². The summed E-state index contributed by atoms with van der Waals surface area (Å²) in [4.78, 5) is 8.71. The van der Waals surface area contributed by atoms with E-state index in [2.05, 4.69) is 15.3 Å². The maximum absolute atomic E-state index is 14.0. The second kappa shape index (κ2) is 5.67. The number of hydrogen-bond acceptors (Lipinski definition) is 4. The smallest absolute Gasteiger partial charge is 0.192 e. The summed E-state index contributed by atoms with van der Waals surface area (Å²) in [6.07, 6.45) is 5.78. The molecule has 19 heavy (non-hydrogen) atoms. The fourth-order valence-corrected chi connectivity index (χ4v) is 2.44. The standard InChI is InChI=1S/C14H14FN3S/c15-12-8-10(9-18-11-3-4-11)2-5-13(12)19-14-16-6-1-7-17-14/h1-2,5-8,11,18H,3-4,9H2. The SMILES string of the molecule is Fc1cc(CNC2CC2)ccc1Sc1ncccn1. The van der Waals surface area contributed by atoms with Crippen molar-refractivity contribution in [2.75, 3.05) is 0 Å².